The summed E-state index contributed by atoms with van der Waals surface area (Å²) in [4.78, 5) is 10.6. The topological polar surface area (TPSA) is 46.5 Å². The minimum Gasteiger partial charge on any atom is -0.489 e. The summed E-state index contributed by atoms with van der Waals surface area (Å²) in [5, 5.41) is 8.62. The third-order valence-corrected chi connectivity index (χ3v) is 3.24. The maximum Gasteiger partial charge on any atom is 0.396 e. The number of halogens is 5. The molecule has 1 aliphatic heterocycles. The van der Waals surface area contributed by atoms with Gasteiger partial charge in [-0.3, -0.25) is 4.79 Å². The number of carbonyl (C=O) groups is 1. The predicted octanol–water partition coefficient (Wildman–Crippen LogP) is 4.05. The molecule has 0 spiro atoms. The highest BCUT2D eigenvalue weighted by molar-refractivity contribution is 5.70. The van der Waals surface area contributed by atoms with Crippen LogP contribution in [0.3, 0.4) is 0 Å². The number of ether oxygens (including phenoxy) is 1. The number of hydrogen-bond donors (Lipinski definition) is 1. The van der Waals surface area contributed by atoms with Gasteiger partial charge in [0, 0.05) is 11.1 Å². The molecular formula is C14H11F5O3. The van der Waals surface area contributed by atoms with Gasteiger partial charge in [-0.25, -0.2) is 8.78 Å². The number of hydrogen-bond acceptors (Lipinski definition) is 2. The molecule has 0 saturated heterocycles. The van der Waals surface area contributed by atoms with Crippen molar-refractivity contribution in [1.29, 1.82) is 0 Å². The zero-order chi connectivity index (χ0) is 16.5. The van der Waals surface area contributed by atoms with Crippen molar-refractivity contribution >= 4 is 12.0 Å². The van der Waals surface area contributed by atoms with Gasteiger partial charge in [0.15, 0.2) is 0 Å². The minimum atomic E-state index is -4.76. The molecule has 0 amide bonds. The molecule has 1 unspecified atom stereocenters. The second kappa shape index (κ2) is 5.94. The van der Waals surface area contributed by atoms with Crippen LogP contribution in [-0.2, 0) is 4.79 Å². The molecule has 1 N–H and O–H groups in total. The Kier molecular flexibility index (Phi) is 4.39. The van der Waals surface area contributed by atoms with Crippen molar-refractivity contribution in [1.82, 2.24) is 0 Å². The first-order valence-corrected chi connectivity index (χ1v) is 6.22. The summed E-state index contributed by atoms with van der Waals surface area (Å²) in [7, 11) is 0. The van der Waals surface area contributed by atoms with Crippen molar-refractivity contribution in [2.75, 3.05) is 6.61 Å². The van der Waals surface area contributed by atoms with Crippen LogP contribution in [0.5, 0.6) is 5.75 Å². The van der Waals surface area contributed by atoms with Gasteiger partial charge in [0.05, 0.1) is 12.3 Å². The van der Waals surface area contributed by atoms with Crippen LogP contribution in [0.4, 0.5) is 22.0 Å². The predicted molar refractivity (Wildman–Crippen MR) is 66.7 cm³/mol. The van der Waals surface area contributed by atoms with Gasteiger partial charge in [-0.15, -0.1) is 0 Å². The van der Waals surface area contributed by atoms with E-state index in [1.807, 2.05) is 0 Å². The van der Waals surface area contributed by atoms with E-state index in [1.165, 1.54) is 6.07 Å². The molecule has 1 aliphatic rings. The van der Waals surface area contributed by atoms with E-state index < -0.39 is 37.5 Å². The molecule has 2 rings (SSSR count). The molecule has 0 saturated carbocycles. The average Bonchev–Trinajstić information content (AvgIpc) is 2.42. The molecule has 0 radical (unpaired) electrons. The Morgan fingerprint density at radius 2 is 2.00 bits per heavy atom. The van der Waals surface area contributed by atoms with Gasteiger partial charge in [0.1, 0.15) is 12.4 Å². The van der Waals surface area contributed by atoms with Gasteiger partial charge in [-0.1, -0.05) is 0 Å². The van der Waals surface area contributed by atoms with Crippen LogP contribution in [-0.4, -0.2) is 23.9 Å². The monoisotopic (exact) mass is 322 g/mol. The van der Waals surface area contributed by atoms with Crippen LogP contribution < -0.4 is 4.74 Å². The number of aliphatic carboxylic acids is 1. The normalized spacial score (nSPS) is 15.8. The van der Waals surface area contributed by atoms with E-state index in [9.17, 15) is 26.7 Å². The largest absolute Gasteiger partial charge is 0.489 e. The van der Waals surface area contributed by atoms with E-state index in [0.717, 1.165) is 18.2 Å². The van der Waals surface area contributed by atoms with Crippen molar-refractivity contribution in [3.8, 4) is 5.75 Å². The summed E-state index contributed by atoms with van der Waals surface area (Å²) in [6.45, 7) is -0.432. The van der Waals surface area contributed by atoms with E-state index in [0.29, 0.717) is 0 Å². The summed E-state index contributed by atoms with van der Waals surface area (Å²) < 4.78 is 69.3. The van der Waals surface area contributed by atoms with Gasteiger partial charge < -0.3 is 9.84 Å². The fourth-order valence-electron chi connectivity index (χ4n) is 2.18. The zero-order valence-corrected chi connectivity index (χ0v) is 11.0. The van der Waals surface area contributed by atoms with Crippen molar-refractivity contribution in [2.45, 2.75) is 19.0 Å². The standard InChI is InChI=1S/C14H11F5O3/c15-13(16)7-1-2-11-8(3-7)4-9(6-22-11)10(5-12(20)21)14(17,18)19/h1-4,10,13H,5-6H2,(H,20,21). The Morgan fingerprint density at radius 3 is 2.55 bits per heavy atom. The highest BCUT2D eigenvalue weighted by Crippen LogP contribution is 2.39. The zero-order valence-electron chi connectivity index (χ0n) is 11.0. The quantitative estimate of drug-likeness (QED) is 0.851. The lowest BCUT2D eigenvalue weighted by atomic mass is 9.91. The smallest absolute Gasteiger partial charge is 0.396 e. The molecule has 1 aromatic rings. The highest BCUT2D eigenvalue weighted by atomic mass is 19.4. The molecule has 8 heteroatoms. The van der Waals surface area contributed by atoms with E-state index >= 15 is 0 Å². The third kappa shape index (κ3) is 3.55. The fraction of sp³-hybridized carbons (Fsp3) is 0.357. The number of benzene rings is 1. The van der Waals surface area contributed by atoms with E-state index in [-0.39, 0.29) is 22.4 Å². The molecule has 0 aliphatic carbocycles. The van der Waals surface area contributed by atoms with Crippen LogP contribution in [0, 0.1) is 5.92 Å². The van der Waals surface area contributed by atoms with Crippen LogP contribution in [0.2, 0.25) is 0 Å². The van der Waals surface area contributed by atoms with Gasteiger partial charge >= 0.3 is 12.1 Å². The molecule has 0 aromatic heterocycles. The lowest BCUT2D eigenvalue weighted by Gasteiger charge is -2.26. The van der Waals surface area contributed by atoms with E-state index in [1.54, 1.807) is 0 Å². The second-order valence-electron chi connectivity index (χ2n) is 4.80. The Labute approximate surface area is 122 Å². The Hall–Kier alpha value is -2.12. The molecule has 1 heterocycles. The SMILES string of the molecule is O=C(O)CC(C1=Cc2cc(C(F)F)ccc2OC1)C(F)(F)F. The summed E-state index contributed by atoms with van der Waals surface area (Å²) in [6, 6.07) is 3.41. The number of rotatable bonds is 4. The lowest BCUT2D eigenvalue weighted by Crippen LogP contribution is -2.30. The summed E-state index contributed by atoms with van der Waals surface area (Å²) >= 11 is 0. The van der Waals surface area contributed by atoms with Gasteiger partial charge in [-0.05, 0) is 29.8 Å². The second-order valence-corrected chi connectivity index (χ2v) is 4.80. The van der Waals surface area contributed by atoms with Gasteiger partial charge in [-0.2, -0.15) is 13.2 Å². The van der Waals surface area contributed by atoms with Gasteiger partial charge in [0.25, 0.3) is 6.43 Å². The van der Waals surface area contributed by atoms with Crippen molar-refractivity contribution in [3.05, 3.63) is 34.9 Å². The van der Waals surface area contributed by atoms with Crippen molar-refractivity contribution < 1.29 is 36.6 Å². The molecule has 3 nitrogen and oxygen atoms in total. The van der Waals surface area contributed by atoms with E-state index in [4.69, 9.17) is 9.84 Å². The van der Waals surface area contributed by atoms with Crippen LogP contribution in [0.25, 0.3) is 6.08 Å². The number of fused-ring (bicyclic) bond motifs is 1. The summed E-state index contributed by atoms with van der Waals surface area (Å²) in [5.41, 5.74) is -0.561. The number of alkyl halides is 5. The van der Waals surface area contributed by atoms with Crippen molar-refractivity contribution in [3.63, 3.8) is 0 Å². The molecule has 1 atom stereocenters. The molecule has 1 aromatic carbocycles. The Morgan fingerprint density at radius 1 is 1.32 bits per heavy atom. The maximum atomic E-state index is 13.0. The first kappa shape index (κ1) is 16.3. The average molecular weight is 322 g/mol. The van der Waals surface area contributed by atoms with Crippen LogP contribution in [0.15, 0.2) is 23.8 Å². The highest BCUT2D eigenvalue weighted by Gasteiger charge is 2.44. The summed E-state index contributed by atoms with van der Waals surface area (Å²) in [6.07, 6.45) is -7.58. The van der Waals surface area contributed by atoms with Crippen molar-refractivity contribution in [2.24, 2.45) is 5.92 Å². The number of carboxylic acid groups (broad SMARTS) is 1. The summed E-state index contributed by atoms with van der Waals surface area (Å²) in [5.74, 6) is -3.63. The first-order chi connectivity index (χ1) is 10.2. The molecule has 120 valence electrons. The lowest BCUT2D eigenvalue weighted by molar-refractivity contribution is -0.174. The molecule has 0 bridgehead atoms. The molecule has 22 heavy (non-hydrogen) atoms. The number of carboxylic acids is 1. The fourth-order valence-corrected chi connectivity index (χ4v) is 2.18. The minimum absolute atomic E-state index is 0.0821. The molecular weight excluding hydrogens is 311 g/mol. The molecule has 0 fully saturated rings. The van der Waals surface area contributed by atoms with Gasteiger partial charge in [0.2, 0.25) is 0 Å². The Bertz CT molecular complexity index is 607. The maximum absolute atomic E-state index is 13.0. The third-order valence-electron chi connectivity index (χ3n) is 3.24. The van der Waals surface area contributed by atoms with E-state index in [2.05, 4.69) is 0 Å². The van der Waals surface area contributed by atoms with Crippen LogP contribution >= 0.6 is 0 Å². The Balaban J connectivity index is 2.39. The van der Waals surface area contributed by atoms with Crippen LogP contribution in [0.1, 0.15) is 24.0 Å². The first-order valence-electron chi connectivity index (χ1n) is 6.22.